The summed E-state index contributed by atoms with van der Waals surface area (Å²) in [7, 11) is 0. The van der Waals surface area contributed by atoms with E-state index in [2.05, 4.69) is 24.8 Å². The topological polar surface area (TPSA) is 74.8 Å². The molecule has 26 heavy (non-hydrogen) atoms. The highest BCUT2D eigenvalue weighted by molar-refractivity contribution is 5.98. The molecule has 1 spiro atoms. The zero-order chi connectivity index (χ0) is 17.6. The number of anilines is 1. The Kier molecular flexibility index (Phi) is 3.51. The quantitative estimate of drug-likeness (QED) is 0.736. The molecule has 0 amide bonds. The predicted molar refractivity (Wildman–Crippen MR) is 99.1 cm³/mol. The SMILES string of the molecule is O=C(c1ccncc1)C1CCN(c2ncnc3[nH]ccc23)CC2(CC2)C1. The van der Waals surface area contributed by atoms with E-state index >= 15 is 0 Å². The van der Waals surface area contributed by atoms with Crippen LogP contribution in [0.15, 0.2) is 43.1 Å². The van der Waals surface area contributed by atoms with Crippen molar-refractivity contribution in [2.75, 3.05) is 18.0 Å². The van der Waals surface area contributed by atoms with Crippen molar-refractivity contribution in [3.8, 4) is 0 Å². The Hall–Kier alpha value is -2.76. The van der Waals surface area contributed by atoms with Gasteiger partial charge in [0, 0.05) is 43.2 Å². The van der Waals surface area contributed by atoms with E-state index in [1.165, 1.54) is 12.8 Å². The number of pyridine rings is 1. The first-order chi connectivity index (χ1) is 12.7. The summed E-state index contributed by atoms with van der Waals surface area (Å²) in [5.41, 5.74) is 1.91. The monoisotopic (exact) mass is 347 g/mol. The van der Waals surface area contributed by atoms with Gasteiger partial charge in [-0.15, -0.1) is 0 Å². The Labute approximate surface area is 151 Å². The summed E-state index contributed by atoms with van der Waals surface area (Å²) in [6.45, 7) is 1.82. The molecule has 1 saturated carbocycles. The van der Waals surface area contributed by atoms with Gasteiger partial charge in [0.15, 0.2) is 5.78 Å². The number of aromatic nitrogens is 4. The van der Waals surface area contributed by atoms with Crippen molar-refractivity contribution in [3.63, 3.8) is 0 Å². The lowest BCUT2D eigenvalue weighted by Gasteiger charge is -2.25. The van der Waals surface area contributed by atoms with Gasteiger partial charge >= 0.3 is 0 Å². The third-order valence-electron chi connectivity index (χ3n) is 5.88. The number of ketones is 1. The highest BCUT2D eigenvalue weighted by atomic mass is 16.1. The zero-order valence-electron chi connectivity index (χ0n) is 14.6. The third kappa shape index (κ3) is 2.66. The van der Waals surface area contributed by atoms with Crippen molar-refractivity contribution in [1.82, 2.24) is 19.9 Å². The molecule has 1 aliphatic heterocycles. The van der Waals surface area contributed by atoms with Gasteiger partial charge in [-0.3, -0.25) is 9.78 Å². The molecule has 5 rings (SSSR count). The number of Topliss-reactive ketones (excluding diaryl/α,β-unsaturated/α-hetero) is 1. The minimum Gasteiger partial charge on any atom is -0.355 e. The number of carbonyl (C=O) groups excluding carboxylic acids is 1. The standard InChI is InChI=1S/C20H21N5O/c26-17(14-1-7-21-8-2-14)15-4-10-25(12-20(11-15)5-6-20)19-16-3-9-22-18(16)23-13-24-19/h1-3,7-9,13,15H,4-6,10-12H2,(H,22,23,24). The van der Waals surface area contributed by atoms with E-state index in [9.17, 15) is 4.79 Å². The number of hydrogen-bond donors (Lipinski definition) is 1. The second kappa shape index (κ2) is 5.90. The molecule has 0 radical (unpaired) electrons. The second-order valence-electron chi connectivity index (χ2n) is 7.65. The number of rotatable bonds is 3. The van der Waals surface area contributed by atoms with E-state index in [0.717, 1.165) is 48.3 Å². The minimum absolute atomic E-state index is 0.0773. The van der Waals surface area contributed by atoms with Crippen LogP contribution in [0.5, 0.6) is 0 Å². The van der Waals surface area contributed by atoms with Crippen molar-refractivity contribution < 1.29 is 4.79 Å². The lowest BCUT2D eigenvalue weighted by atomic mass is 9.86. The number of fused-ring (bicyclic) bond motifs is 1. The molecule has 4 heterocycles. The van der Waals surface area contributed by atoms with E-state index < -0.39 is 0 Å². The van der Waals surface area contributed by atoms with Gasteiger partial charge in [-0.2, -0.15) is 0 Å². The maximum absolute atomic E-state index is 13.0. The molecule has 3 aromatic rings. The lowest BCUT2D eigenvalue weighted by Crippen LogP contribution is -2.30. The van der Waals surface area contributed by atoms with Crippen LogP contribution in [0.1, 0.15) is 36.0 Å². The van der Waals surface area contributed by atoms with Crippen molar-refractivity contribution in [3.05, 3.63) is 48.7 Å². The fraction of sp³-hybridized carbons (Fsp3) is 0.400. The molecule has 6 nitrogen and oxygen atoms in total. The van der Waals surface area contributed by atoms with Gasteiger partial charge in [-0.1, -0.05) is 0 Å². The molecule has 1 unspecified atom stereocenters. The van der Waals surface area contributed by atoms with Crippen LogP contribution in [-0.4, -0.2) is 38.8 Å². The summed E-state index contributed by atoms with van der Waals surface area (Å²) in [5, 5.41) is 1.06. The first kappa shape index (κ1) is 15.5. The van der Waals surface area contributed by atoms with E-state index in [-0.39, 0.29) is 17.1 Å². The maximum Gasteiger partial charge on any atom is 0.166 e. The van der Waals surface area contributed by atoms with Crippen LogP contribution in [0.4, 0.5) is 5.82 Å². The van der Waals surface area contributed by atoms with Crippen molar-refractivity contribution >= 4 is 22.6 Å². The molecule has 1 atom stereocenters. The molecular formula is C20H21N5O. The largest absolute Gasteiger partial charge is 0.355 e. The van der Waals surface area contributed by atoms with Gasteiger partial charge in [0.2, 0.25) is 0 Å². The fourth-order valence-electron chi connectivity index (χ4n) is 4.29. The van der Waals surface area contributed by atoms with E-state index in [0.29, 0.717) is 0 Å². The van der Waals surface area contributed by atoms with Crippen LogP contribution in [0, 0.1) is 11.3 Å². The average Bonchev–Trinajstić information content (AvgIpc) is 3.32. The fourth-order valence-corrected chi connectivity index (χ4v) is 4.29. The number of aromatic amines is 1. The van der Waals surface area contributed by atoms with E-state index in [4.69, 9.17) is 0 Å². The normalized spacial score (nSPS) is 21.7. The second-order valence-corrected chi connectivity index (χ2v) is 7.65. The highest BCUT2D eigenvalue weighted by Gasteiger charge is 2.48. The van der Waals surface area contributed by atoms with Crippen LogP contribution < -0.4 is 4.90 Å². The number of carbonyl (C=O) groups is 1. The number of hydrogen-bond acceptors (Lipinski definition) is 5. The summed E-state index contributed by atoms with van der Waals surface area (Å²) in [6.07, 6.45) is 11.2. The van der Waals surface area contributed by atoms with E-state index in [1.54, 1.807) is 18.7 Å². The number of H-pyrrole nitrogens is 1. The van der Waals surface area contributed by atoms with Crippen LogP contribution in [-0.2, 0) is 0 Å². The molecule has 2 fully saturated rings. The van der Waals surface area contributed by atoms with Gasteiger partial charge in [-0.25, -0.2) is 9.97 Å². The first-order valence-electron chi connectivity index (χ1n) is 9.21. The Morgan fingerprint density at radius 3 is 2.85 bits per heavy atom. The van der Waals surface area contributed by atoms with Gasteiger partial charge in [0.25, 0.3) is 0 Å². The summed E-state index contributed by atoms with van der Waals surface area (Å²) in [6, 6.07) is 5.70. The van der Waals surface area contributed by atoms with Gasteiger partial charge in [0.1, 0.15) is 17.8 Å². The lowest BCUT2D eigenvalue weighted by molar-refractivity contribution is 0.0897. The number of nitrogens with zero attached hydrogens (tertiary/aromatic N) is 4. The molecular weight excluding hydrogens is 326 g/mol. The van der Waals surface area contributed by atoms with E-state index in [1.807, 2.05) is 24.4 Å². The van der Waals surface area contributed by atoms with Gasteiger partial charge < -0.3 is 9.88 Å². The summed E-state index contributed by atoms with van der Waals surface area (Å²) in [5.74, 6) is 1.32. The Bertz CT molecular complexity index is 947. The molecule has 132 valence electrons. The highest BCUT2D eigenvalue weighted by Crippen LogP contribution is 2.53. The van der Waals surface area contributed by atoms with Crippen molar-refractivity contribution in [2.24, 2.45) is 11.3 Å². The molecule has 3 aromatic heterocycles. The van der Waals surface area contributed by atoms with Gasteiger partial charge in [-0.05, 0) is 49.3 Å². The van der Waals surface area contributed by atoms with Crippen LogP contribution >= 0.6 is 0 Å². The molecule has 1 saturated heterocycles. The molecule has 0 bridgehead atoms. The molecule has 2 aliphatic rings. The predicted octanol–water partition coefficient (Wildman–Crippen LogP) is 3.23. The first-order valence-corrected chi connectivity index (χ1v) is 9.21. The Balaban J connectivity index is 1.44. The van der Waals surface area contributed by atoms with Crippen molar-refractivity contribution in [1.29, 1.82) is 0 Å². The summed E-state index contributed by atoms with van der Waals surface area (Å²) < 4.78 is 0. The molecule has 6 heteroatoms. The van der Waals surface area contributed by atoms with Crippen LogP contribution in [0.2, 0.25) is 0 Å². The van der Waals surface area contributed by atoms with Crippen LogP contribution in [0.25, 0.3) is 11.0 Å². The Morgan fingerprint density at radius 2 is 2.04 bits per heavy atom. The molecule has 0 aromatic carbocycles. The molecule has 1 N–H and O–H groups in total. The third-order valence-corrected chi connectivity index (χ3v) is 5.88. The number of nitrogens with one attached hydrogen (secondary N) is 1. The zero-order valence-corrected chi connectivity index (χ0v) is 14.6. The summed E-state index contributed by atoms with van der Waals surface area (Å²) in [4.78, 5) is 31.4. The minimum atomic E-state index is 0.0773. The van der Waals surface area contributed by atoms with Crippen LogP contribution in [0.3, 0.4) is 0 Å². The maximum atomic E-state index is 13.0. The Morgan fingerprint density at radius 1 is 1.19 bits per heavy atom. The van der Waals surface area contributed by atoms with Gasteiger partial charge in [0.05, 0.1) is 5.39 Å². The summed E-state index contributed by atoms with van der Waals surface area (Å²) >= 11 is 0. The molecule has 1 aliphatic carbocycles. The average molecular weight is 347 g/mol. The van der Waals surface area contributed by atoms with Crippen molar-refractivity contribution in [2.45, 2.75) is 25.7 Å². The smallest absolute Gasteiger partial charge is 0.166 e.